The lowest BCUT2D eigenvalue weighted by atomic mass is 9.81. The fourth-order valence-electron chi connectivity index (χ4n) is 3.51. The molecule has 1 fully saturated rings. The summed E-state index contributed by atoms with van der Waals surface area (Å²) < 4.78 is 0. The van der Waals surface area contributed by atoms with Gasteiger partial charge in [-0.25, -0.2) is 0 Å². The normalized spacial score (nSPS) is 18.8. The van der Waals surface area contributed by atoms with Gasteiger partial charge in [0.15, 0.2) is 0 Å². The van der Waals surface area contributed by atoms with Crippen molar-refractivity contribution in [2.45, 2.75) is 32.6 Å². The molecule has 3 amide bonds. The average Bonchev–Trinajstić information content (AvgIpc) is 2.68. The van der Waals surface area contributed by atoms with Crippen LogP contribution in [0.5, 0.6) is 0 Å². The summed E-state index contributed by atoms with van der Waals surface area (Å²) in [4.78, 5) is 36.1. The SMILES string of the molecule is CC(=O)Nc1cccc(NC(=O)C2CCC(C(=O)Nc3ccccc3)CC2)c1. The number of carbonyl (C=O) groups is 3. The summed E-state index contributed by atoms with van der Waals surface area (Å²) in [6.07, 6.45) is 2.76. The minimum atomic E-state index is -0.157. The molecule has 0 spiro atoms. The Labute approximate surface area is 164 Å². The molecule has 0 bridgehead atoms. The molecule has 0 aliphatic heterocycles. The van der Waals surface area contributed by atoms with E-state index in [9.17, 15) is 14.4 Å². The summed E-state index contributed by atoms with van der Waals surface area (Å²) in [6.45, 7) is 1.44. The number of anilines is 3. The van der Waals surface area contributed by atoms with Crippen LogP contribution in [-0.4, -0.2) is 17.7 Å². The molecule has 3 rings (SSSR count). The van der Waals surface area contributed by atoms with E-state index < -0.39 is 0 Å². The minimum absolute atomic E-state index is 0.0214. The van der Waals surface area contributed by atoms with Crippen LogP contribution in [0.4, 0.5) is 17.1 Å². The fraction of sp³-hybridized carbons (Fsp3) is 0.318. The van der Waals surface area contributed by atoms with Crippen molar-refractivity contribution < 1.29 is 14.4 Å². The van der Waals surface area contributed by atoms with Crippen LogP contribution in [0.15, 0.2) is 54.6 Å². The lowest BCUT2D eigenvalue weighted by Gasteiger charge is -2.27. The molecule has 0 atom stereocenters. The fourth-order valence-corrected chi connectivity index (χ4v) is 3.51. The Morgan fingerprint density at radius 2 is 1.14 bits per heavy atom. The van der Waals surface area contributed by atoms with Crippen LogP contribution in [0.3, 0.4) is 0 Å². The van der Waals surface area contributed by atoms with Crippen molar-refractivity contribution in [1.82, 2.24) is 0 Å². The molecule has 0 radical (unpaired) electrons. The number of rotatable bonds is 5. The van der Waals surface area contributed by atoms with E-state index in [-0.39, 0.29) is 29.6 Å². The summed E-state index contributed by atoms with van der Waals surface area (Å²) in [6, 6.07) is 16.5. The van der Waals surface area contributed by atoms with Crippen LogP contribution in [-0.2, 0) is 14.4 Å². The average molecular weight is 379 g/mol. The highest BCUT2D eigenvalue weighted by Crippen LogP contribution is 2.30. The predicted molar refractivity (Wildman–Crippen MR) is 110 cm³/mol. The summed E-state index contributed by atoms with van der Waals surface area (Å²) in [5.41, 5.74) is 2.10. The van der Waals surface area contributed by atoms with Gasteiger partial charge in [-0.2, -0.15) is 0 Å². The smallest absolute Gasteiger partial charge is 0.227 e. The Balaban J connectivity index is 1.50. The summed E-state index contributed by atoms with van der Waals surface area (Å²) in [7, 11) is 0. The predicted octanol–water partition coefficient (Wildman–Crippen LogP) is 4.03. The first-order valence-electron chi connectivity index (χ1n) is 9.55. The number of nitrogens with one attached hydrogen (secondary N) is 3. The van der Waals surface area contributed by atoms with Gasteiger partial charge in [0.1, 0.15) is 0 Å². The van der Waals surface area contributed by atoms with Gasteiger partial charge in [0.05, 0.1) is 0 Å². The number of carbonyl (C=O) groups excluding carboxylic acids is 3. The quantitative estimate of drug-likeness (QED) is 0.733. The zero-order valence-corrected chi connectivity index (χ0v) is 15.9. The molecule has 0 saturated heterocycles. The van der Waals surface area contributed by atoms with Crippen molar-refractivity contribution in [2.24, 2.45) is 11.8 Å². The second-order valence-corrected chi connectivity index (χ2v) is 7.16. The molecule has 0 aromatic heterocycles. The number of hydrogen-bond acceptors (Lipinski definition) is 3. The molecule has 0 heterocycles. The lowest BCUT2D eigenvalue weighted by Crippen LogP contribution is -2.32. The van der Waals surface area contributed by atoms with Gasteiger partial charge < -0.3 is 16.0 Å². The maximum Gasteiger partial charge on any atom is 0.227 e. The molecule has 2 aromatic carbocycles. The second kappa shape index (κ2) is 9.17. The van der Waals surface area contributed by atoms with Crippen molar-refractivity contribution in [3.63, 3.8) is 0 Å². The van der Waals surface area contributed by atoms with Crippen LogP contribution < -0.4 is 16.0 Å². The zero-order chi connectivity index (χ0) is 19.9. The van der Waals surface area contributed by atoms with Gasteiger partial charge in [-0.15, -0.1) is 0 Å². The summed E-state index contributed by atoms with van der Waals surface area (Å²) >= 11 is 0. The Bertz CT molecular complexity index is 843. The van der Waals surface area contributed by atoms with Gasteiger partial charge in [0.2, 0.25) is 17.7 Å². The Hall–Kier alpha value is -3.15. The van der Waals surface area contributed by atoms with E-state index in [1.807, 2.05) is 30.3 Å². The first-order valence-corrected chi connectivity index (χ1v) is 9.55. The van der Waals surface area contributed by atoms with Gasteiger partial charge in [0.25, 0.3) is 0 Å². The molecule has 1 aliphatic carbocycles. The molecule has 1 aliphatic rings. The largest absolute Gasteiger partial charge is 0.326 e. The highest BCUT2D eigenvalue weighted by atomic mass is 16.2. The maximum absolute atomic E-state index is 12.6. The van der Waals surface area contributed by atoms with Gasteiger partial charge in [-0.1, -0.05) is 24.3 Å². The third-order valence-corrected chi connectivity index (χ3v) is 4.96. The third-order valence-electron chi connectivity index (χ3n) is 4.96. The van der Waals surface area contributed by atoms with Crippen molar-refractivity contribution in [3.8, 4) is 0 Å². The van der Waals surface area contributed by atoms with Crippen molar-refractivity contribution in [2.75, 3.05) is 16.0 Å². The van der Waals surface area contributed by atoms with Crippen molar-refractivity contribution in [1.29, 1.82) is 0 Å². The van der Waals surface area contributed by atoms with Crippen LogP contribution in [0.1, 0.15) is 32.6 Å². The molecule has 6 heteroatoms. The van der Waals surface area contributed by atoms with E-state index in [4.69, 9.17) is 0 Å². The van der Waals surface area contributed by atoms with Crippen LogP contribution >= 0.6 is 0 Å². The molecular formula is C22H25N3O3. The second-order valence-electron chi connectivity index (χ2n) is 7.16. The highest BCUT2D eigenvalue weighted by Gasteiger charge is 2.30. The van der Waals surface area contributed by atoms with Crippen LogP contribution in [0.2, 0.25) is 0 Å². The van der Waals surface area contributed by atoms with E-state index in [1.54, 1.807) is 24.3 Å². The van der Waals surface area contributed by atoms with Gasteiger partial charge in [-0.05, 0) is 56.0 Å². The molecular weight excluding hydrogens is 354 g/mol. The van der Waals surface area contributed by atoms with E-state index in [0.717, 1.165) is 5.69 Å². The van der Waals surface area contributed by atoms with Crippen LogP contribution in [0, 0.1) is 11.8 Å². The van der Waals surface area contributed by atoms with Crippen molar-refractivity contribution >= 4 is 34.8 Å². The minimum Gasteiger partial charge on any atom is -0.326 e. The monoisotopic (exact) mass is 379 g/mol. The van der Waals surface area contributed by atoms with Gasteiger partial charge in [-0.3, -0.25) is 14.4 Å². The molecule has 6 nitrogen and oxygen atoms in total. The topological polar surface area (TPSA) is 87.3 Å². The molecule has 0 unspecified atom stereocenters. The standard InChI is InChI=1S/C22H25N3O3/c1-15(26)23-19-8-5-9-20(14-19)25-22(28)17-12-10-16(11-13-17)21(27)24-18-6-3-2-4-7-18/h2-9,14,16-17H,10-13H2,1H3,(H,23,26)(H,24,27)(H,25,28). The number of hydrogen-bond donors (Lipinski definition) is 3. The number of benzene rings is 2. The van der Waals surface area contributed by atoms with E-state index in [0.29, 0.717) is 37.1 Å². The molecule has 146 valence electrons. The van der Waals surface area contributed by atoms with E-state index >= 15 is 0 Å². The molecule has 3 N–H and O–H groups in total. The maximum atomic E-state index is 12.6. The lowest BCUT2D eigenvalue weighted by molar-refractivity contribution is -0.125. The summed E-state index contributed by atoms with van der Waals surface area (Å²) in [5.74, 6) is -0.344. The van der Waals surface area contributed by atoms with Gasteiger partial charge >= 0.3 is 0 Å². The first-order chi connectivity index (χ1) is 13.5. The van der Waals surface area contributed by atoms with E-state index in [2.05, 4.69) is 16.0 Å². The van der Waals surface area contributed by atoms with Gasteiger partial charge in [0, 0.05) is 35.8 Å². The van der Waals surface area contributed by atoms with Crippen LogP contribution in [0.25, 0.3) is 0 Å². The molecule has 1 saturated carbocycles. The van der Waals surface area contributed by atoms with Crippen molar-refractivity contribution in [3.05, 3.63) is 54.6 Å². The number of para-hydroxylation sites is 1. The Morgan fingerprint density at radius 3 is 1.68 bits per heavy atom. The zero-order valence-electron chi connectivity index (χ0n) is 15.9. The Morgan fingerprint density at radius 1 is 0.679 bits per heavy atom. The Kier molecular flexibility index (Phi) is 6.42. The first kappa shape index (κ1) is 19.6. The van der Waals surface area contributed by atoms with E-state index in [1.165, 1.54) is 6.92 Å². The highest BCUT2D eigenvalue weighted by molar-refractivity contribution is 5.95. The third kappa shape index (κ3) is 5.42. The molecule has 28 heavy (non-hydrogen) atoms. The summed E-state index contributed by atoms with van der Waals surface area (Å²) in [5, 5.41) is 8.56. The molecule has 2 aromatic rings. The number of amides is 3.